The van der Waals surface area contributed by atoms with E-state index in [2.05, 4.69) is 4.81 Å². The van der Waals surface area contributed by atoms with Gasteiger partial charge in [0.05, 0.1) is 0 Å². The predicted octanol–water partition coefficient (Wildman–Crippen LogP) is 3.55. The van der Waals surface area contributed by atoms with Crippen LogP contribution < -0.4 is 0 Å². The summed E-state index contributed by atoms with van der Waals surface area (Å²) in [6.07, 6.45) is 15.2. The van der Waals surface area contributed by atoms with Gasteiger partial charge in [-0.1, -0.05) is 57.8 Å². The second-order valence-corrected chi connectivity index (χ2v) is 5.81. The van der Waals surface area contributed by atoms with Gasteiger partial charge in [-0.2, -0.15) is 0 Å². The van der Waals surface area contributed by atoms with Gasteiger partial charge in [0.15, 0.2) is 0 Å². The van der Waals surface area contributed by atoms with E-state index in [9.17, 15) is 5.11 Å². The summed E-state index contributed by atoms with van der Waals surface area (Å²) < 4.78 is 0. The first kappa shape index (κ1) is 16.0. The Morgan fingerprint density at radius 2 is 1.06 bits per heavy atom. The average Bonchev–Trinajstić information content (AvgIpc) is 2.33. The summed E-state index contributed by atoms with van der Waals surface area (Å²) >= 11 is 0. The highest BCUT2D eigenvalue weighted by molar-refractivity contribution is 6.33. The fraction of sp³-hybridized carbons (Fsp3) is 1.00. The lowest BCUT2D eigenvalue weighted by molar-refractivity contribution is 0.254. The first-order valence-electron chi connectivity index (χ1n) is 8.06. The standard InChI is InChI=1S/C15H31BNO/c1-15(18)16-17-13-11-9-7-5-3-2-4-6-8-10-12-14-17/h15,18H,2-14H2,1H3. The quantitative estimate of drug-likeness (QED) is 0.760. The largest absolute Gasteiger partial charge is 0.401 e. The highest BCUT2D eigenvalue weighted by Crippen LogP contribution is 2.13. The van der Waals surface area contributed by atoms with Gasteiger partial charge in [0.2, 0.25) is 7.41 Å². The van der Waals surface area contributed by atoms with E-state index in [-0.39, 0.29) is 6.00 Å². The zero-order valence-corrected chi connectivity index (χ0v) is 12.2. The van der Waals surface area contributed by atoms with Crippen molar-refractivity contribution >= 4 is 7.41 Å². The molecule has 1 atom stereocenters. The van der Waals surface area contributed by atoms with Crippen LogP contribution >= 0.6 is 0 Å². The van der Waals surface area contributed by atoms with Crippen molar-refractivity contribution in [2.45, 2.75) is 83.6 Å². The lowest BCUT2D eigenvalue weighted by Crippen LogP contribution is -2.36. The van der Waals surface area contributed by atoms with Gasteiger partial charge in [0, 0.05) is 6.00 Å². The Labute approximate surface area is 114 Å². The number of hydrogen-bond acceptors (Lipinski definition) is 2. The molecule has 1 aliphatic rings. The van der Waals surface area contributed by atoms with Gasteiger partial charge in [-0.3, -0.25) is 0 Å². The molecule has 0 aromatic rings. The van der Waals surface area contributed by atoms with Crippen LogP contribution in [0.15, 0.2) is 0 Å². The van der Waals surface area contributed by atoms with Crippen LogP contribution in [0.4, 0.5) is 0 Å². The smallest absolute Gasteiger partial charge is 0.243 e. The molecule has 18 heavy (non-hydrogen) atoms. The molecule has 105 valence electrons. The van der Waals surface area contributed by atoms with Gasteiger partial charge in [-0.05, 0) is 32.9 Å². The van der Waals surface area contributed by atoms with Gasteiger partial charge in [0.1, 0.15) is 0 Å². The van der Waals surface area contributed by atoms with Crippen LogP contribution in [-0.2, 0) is 0 Å². The fourth-order valence-electron chi connectivity index (χ4n) is 2.79. The molecule has 1 saturated heterocycles. The van der Waals surface area contributed by atoms with Crippen molar-refractivity contribution in [2.24, 2.45) is 0 Å². The molecule has 1 aliphatic heterocycles. The van der Waals surface area contributed by atoms with E-state index in [1.54, 1.807) is 0 Å². The highest BCUT2D eigenvalue weighted by Gasteiger charge is 2.10. The summed E-state index contributed by atoms with van der Waals surface area (Å²) in [4.78, 5) is 2.34. The first-order valence-corrected chi connectivity index (χ1v) is 8.06. The molecular formula is C15H31BNO. The molecule has 1 heterocycles. The second kappa shape index (κ2) is 10.9. The summed E-state index contributed by atoms with van der Waals surface area (Å²) in [5, 5.41) is 9.48. The van der Waals surface area contributed by atoms with Crippen molar-refractivity contribution in [3.05, 3.63) is 0 Å². The topological polar surface area (TPSA) is 23.5 Å². The average molecular weight is 252 g/mol. The SMILES string of the molecule is CC(O)[B]N1CCCCCCCCCCCCC1. The third-order valence-corrected chi connectivity index (χ3v) is 3.82. The Balaban J connectivity index is 2.24. The molecule has 0 amide bonds. The molecule has 1 fully saturated rings. The molecule has 0 aliphatic carbocycles. The van der Waals surface area contributed by atoms with E-state index in [1.165, 1.54) is 70.6 Å². The van der Waals surface area contributed by atoms with Crippen molar-refractivity contribution in [1.82, 2.24) is 4.81 Å². The summed E-state index contributed by atoms with van der Waals surface area (Å²) in [7, 11) is 2.01. The normalized spacial score (nSPS) is 24.1. The van der Waals surface area contributed by atoms with Gasteiger partial charge in [-0.25, -0.2) is 0 Å². The zero-order chi connectivity index (χ0) is 13.1. The molecule has 0 spiro atoms. The maximum absolute atomic E-state index is 9.48. The summed E-state index contributed by atoms with van der Waals surface area (Å²) in [5.74, 6) is 0. The monoisotopic (exact) mass is 252 g/mol. The number of rotatable bonds is 2. The zero-order valence-electron chi connectivity index (χ0n) is 12.2. The van der Waals surface area contributed by atoms with E-state index in [0.29, 0.717) is 0 Å². The first-order chi connectivity index (χ1) is 8.79. The Morgan fingerprint density at radius 1 is 0.722 bits per heavy atom. The molecule has 3 heteroatoms. The van der Waals surface area contributed by atoms with Crippen molar-refractivity contribution in [3.8, 4) is 0 Å². The minimum atomic E-state index is -0.302. The van der Waals surface area contributed by atoms with E-state index in [0.717, 1.165) is 13.1 Å². The fourth-order valence-corrected chi connectivity index (χ4v) is 2.79. The molecule has 0 bridgehead atoms. The van der Waals surface area contributed by atoms with Crippen LogP contribution in [-0.4, -0.2) is 36.4 Å². The van der Waals surface area contributed by atoms with E-state index < -0.39 is 0 Å². The second-order valence-electron chi connectivity index (χ2n) is 5.81. The van der Waals surface area contributed by atoms with Gasteiger partial charge < -0.3 is 9.92 Å². The third-order valence-electron chi connectivity index (χ3n) is 3.82. The summed E-state index contributed by atoms with van der Waals surface area (Å²) in [6, 6.07) is -0.302. The van der Waals surface area contributed by atoms with Crippen molar-refractivity contribution < 1.29 is 5.11 Å². The van der Waals surface area contributed by atoms with E-state index in [1.807, 2.05) is 14.3 Å². The van der Waals surface area contributed by atoms with Crippen LogP contribution in [0, 0.1) is 0 Å². The maximum atomic E-state index is 9.48. The molecule has 0 aromatic carbocycles. The summed E-state index contributed by atoms with van der Waals surface area (Å²) in [5.41, 5.74) is 0. The molecule has 1 N–H and O–H groups in total. The molecule has 0 saturated carbocycles. The Kier molecular flexibility index (Phi) is 9.68. The minimum absolute atomic E-state index is 0.302. The molecule has 2 nitrogen and oxygen atoms in total. The molecule has 1 unspecified atom stereocenters. The molecule has 1 radical (unpaired) electrons. The van der Waals surface area contributed by atoms with Crippen molar-refractivity contribution in [2.75, 3.05) is 13.1 Å². The predicted molar refractivity (Wildman–Crippen MR) is 79.8 cm³/mol. The van der Waals surface area contributed by atoms with Crippen LogP contribution in [0.25, 0.3) is 0 Å². The van der Waals surface area contributed by atoms with Crippen LogP contribution in [0.5, 0.6) is 0 Å². The molecular weight excluding hydrogens is 221 g/mol. The number of aliphatic hydroxyl groups is 1. The Bertz CT molecular complexity index is 173. The van der Waals surface area contributed by atoms with Gasteiger partial charge >= 0.3 is 0 Å². The molecule has 0 aromatic heterocycles. The number of aliphatic hydroxyl groups excluding tert-OH is 1. The van der Waals surface area contributed by atoms with Gasteiger partial charge in [0.25, 0.3) is 0 Å². The Morgan fingerprint density at radius 3 is 1.39 bits per heavy atom. The number of nitrogens with zero attached hydrogens (tertiary/aromatic N) is 1. The van der Waals surface area contributed by atoms with Crippen molar-refractivity contribution in [1.29, 1.82) is 0 Å². The minimum Gasteiger partial charge on any atom is -0.401 e. The maximum Gasteiger partial charge on any atom is 0.243 e. The van der Waals surface area contributed by atoms with Crippen LogP contribution in [0.2, 0.25) is 0 Å². The van der Waals surface area contributed by atoms with Crippen molar-refractivity contribution in [3.63, 3.8) is 0 Å². The third kappa shape index (κ3) is 8.99. The van der Waals surface area contributed by atoms with Crippen LogP contribution in [0.3, 0.4) is 0 Å². The van der Waals surface area contributed by atoms with E-state index >= 15 is 0 Å². The lowest BCUT2D eigenvalue weighted by Gasteiger charge is -2.23. The van der Waals surface area contributed by atoms with Gasteiger partial charge in [-0.15, -0.1) is 0 Å². The Hall–Kier alpha value is -0.0151. The molecule has 1 rings (SSSR count). The lowest BCUT2D eigenvalue weighted by atomic mass is 9.83. The van der Waals surface area contributed by atoms with E-state index in [4.69, 9.17) is 0 Å². The summed E-state index contributed by atoms with van der Waals surface area (Å²) in [6.45, 7) is 4.11. The number of hydrogen-bond donors (Lipinski definition) is 1. The highest BCUT2D eigenvalue weighted by atomic mass is 16.3. The van der Waals surface area contributed by atoms with Crippen LogP contribution in [0.1, 0.15) is 77.6 Å².